The fraction of sp³-hybridized carbons (Fsp3) is 0.171. The Bertz CT molecular complexity index is 2030. The first-order valence-electron chi connectivity index (χ1n) is 14.2. The molecule has 0 fully saturated rings. The average molecular weight is 641 g/mol. The second-order valence-electron chi connectivity index (χ2n) is 10.2. The highest BCUT2D eigenvalue weighted by Gasteiger charge is 2.29. The van der Waals surface area contributed by atoms with Gasteiger partial charge in [0, 0.05) is 28.4 Å². The molecule has 0 atom stereocenters. The highest BCUT2D eigenvalue weighted by molar-refractivity contribution is 6.10. The Hall–Kier alpha value is -6.17. The lowest BCUT2D eigenvalue weighted by atomic mass is 9.94. The van der Waals surface area contributed by atoms with E-state index in [0.29, 0.717) is 45.1 Å². The molecule has 242 valence electrons. The number of aromatic nitrogens is 1. The number of carboxylic acids is 1. The van der Waals surface area contributed by atoms with E-state index in [4.69, 9.17) is 34.2 Å². The number of hydrogen-bond acceptors (Lipinski definition) is 10. The number of hydrogen-bond donors (Lipinski definition) is 2. The first-order chi connectivity index (χ1) is 22.6. The summed E-state index contributed by atoms with van der Waals surface area (Å²) >= 11 is 0. The van der Waals surface area contributed by atoms with Crippen molar-refractivity contribution in [2.24, 2.45) is 0 Å². The van der Waals surface area contributed by atoms with Gasteiger partial charge in [-0.3, -0.25) is 9.36 Å². The summed E-state index contributed by atoms with van der Waals surface area (Å²) in [5.74, 6) is -0.459. The molecule has 4 aromatic carbocycles. The number of fused-ring (bicyclic) bond motifs is 1. The van der Waals surface area contributed by atoms with Crippen molar-refractivity contribution in [3.8, 4) is 45.6 Å². The van der Waals surface area contributed by atoms with Crippen LogP contribution >= 0.6 is 0 Å². The van der Waals surface area contributed by atoms with E-state index in [-0.39, 0.29) is 40.3 Å². The number of carbonyl (C=O) groups is 2. The molecule has 0 unspecified atom stereocenters. The lowest BCUT2D eigenvalue weighted by molar-refractivity contribution is 0.0590. The predicted octanol–water partition coefficient (Wildman–Crippen LogP) is 5.34. The van der Waals surface area contributed by atoms with E-state index in [1.54, 1.807) is 54.6 Å². The van der Waals surface area contributed by atoms with E-state index >= 15 is 0 Å². The summed E-state index contributed by atoms with van der Waals surface area (Å²) in [6.07, 6.45) is 0. The van der Waals surface area contributed by atoms with Crippen LogP contribution < -0.4 is 35.0 Å². The molecule has 3 N–H and O–H groups in total. The average Bonchev–Trinajstić information content (AvgIpc) is 3.09. The first kappa shape index (κ1) is 32.2. The van der Waals surface area contributed by atoms with E-state index in [9.17, 15) is 19.5 Å². The molecule has 0 amide bonds. The zero-order chi connectivity index (χ0) is 33.8. The van der Waals surface area contributed by atoms with Crippen molar-refractivity contribution in [1.82, 2.24) is 4.57 Å². The molecular formula is C35H32N2O10. The Kier molecular flexibility index (Phi) is 9.22. The third-order valence-electron chi connectivity index (χ3n) is 7.50. The minimum Gasteiger partial charge on any atom is -0.496 e. The lowest BCUT2D eigenvalue weighted by Gasteiger charge is -2.22. The zero-order valence-electron chi connectivity index (χ0n) is 26.3. The predicted molar refractivity (Wildman–Crippen MR) is 175 cm³/mol. The number of ether oxygens (including phenoxy) is 6. The normalized spacial score (nSPS) is 10.7. The summed E-state index contributed by atoms with van der Waals surface area (Å²) in [7, 11) is 7.05. The quantitative estimate of drug-likeness (QED) is 0.142. The minimum atomic E-state index is -1.07. The summed E-state index contributed by atoms with van der Waals surface area (Å²) in [6, 6.07) is 19.2. The summed E-state index contributed by atoms with van der Waals surface area (Å²) in [5, 5.41) is 9.82. The van der Waals surface area contributed by atoms with Gasteiger partial charge in [0.25, 0.3) is 5.56 Å². The number of pyridine rings is 1. The topological polar surface area (TPSA) is 158 Å². The standard InChI is InChI=1S/C35H32N2O10/c1-42-26-17-24(47-18-19-7-6-8-20(13-19)34(39)40)16-25-30(26)29(21-14-27(43-2)32(45-4)28(15-21)44-3)31(35(41)46-5)37(33(25)38)23-11-9-22(36)10-12-23/h6-17H,18,36H2,1-5H3,(H,39,40). The molecule has 12 nitrogen and oxygen atoms in total. The van der Waals surface area contributed by atoms with Crippen LogP contribution in [0.15, 0.2) is 77.6 Å². The van der Waals surface area contributed by atoms with E-state index in [2.05, 4.69) is 0 Å². The smallest absolute Gasteiger partial charge is 0.355 e. The number of rotatable bonds is 11. The van der Waals surface area contributed by atoms with Gasteiger partial charge in [0.05, 0.1) is 46.5 Å². The molecule has 47 heavy (non-hydrogen) atoms. The monoisotopic (exact) mass is 640 g/mol. The lowest BCUT2D eigenvalue weighted by Crippen LogP contribution is -2.27. The molecule has 12 heteroatoms. The van der Waals surface area contributed by atoms with Crippen LogP contribution in [0, 0.1) is 0 Å². The third-order valence-corrected chi connectivity index (χ3v) is 7.50. The molecule has 0 aliphatic carbocycles. The van der Waals surface area contributed by atoms with Crippen LogP contribution in [0.3, 0.4) is 0 Å². The number of benzene rings is 4. The van der Waals surface area contributed by atoms with Crippen LogP contribution in [0.25, 0.3) is 27.6 Å². The van der Waals surface area contributed by atoms with E-state index in [1.807, 2.05) is 0 Å². The fourth-order valence-corrected chi connectivity index (χ4v) is 5.34. The second kappa shape index (κ2) is 13.4. The van der Waals surface area contributed by atoms with Crippen LogP contribution in [0.5, 0.6) is 28.7 Å². The minimum absolute atomic E-state index is 0.00190. The Labute approximate surface area is 269 Å². The molecular weight excluding hydrogens is 608 g/mol. The molecule has 0 saturated heterocycles. The van der Waals surface area contributed by atoms with Gasteiger partial charge in [0.1, 0.15) is 23.8 Å². The summed E-state index contributed by atoms with van der Waals surface area (Å²) in [6.45, 7) is 0.00190. The molecule has 5 rings (SSSR count). The number of nitrogen functional groups attached to an aromatic ring is 1. The van der Waals surface area contributed by atoms with Crippen LogP contribution in [-0.4, -0.2) is 57.2 Å². The summed E-state index contributed by atoms with van der Waals surface area (Å²) in [5.41, 5.74) is 7.49. The summed E-state index contributed by atoms with van der Waals surface area (Å²) < 4.78 is 35.1. The molecule has 1 heterocycles. The number of carbonyl (C=O) groups excluding carboxylic acids is 1. The molecule has 5 aromatic rings. The van der Waals surface area contributed by atoms with Gasteiger partial charge >= 0.3 is 11.9 Å². The van der Waals surface area contributed by atoms with E-state index < -0.39 is 17.5 Å². The maximum Gasteiger partial charge on any atom is 0.355 e. The summed E-state index contributed by atoms with van der Waals surface area (Å²) in [4.78, 5) is 39.6. The van der Waals surface area contributed by atoms with Gasteiger partial charge in [-0.05, 0) is 65.7 Å². The van der Waals surface area contributed by atoms with Crippen molar-refractivity contribution in [3.05, 3.63) is 100.0 Å². The van der Waals surface area contributed by atoms with Crippen molar-refractivity contribution in [3.63, 3.8) is 0 Å². The maximum atomic E-state index is 14.5. The molecule has 0 radical (unpaired) electrons. The van der Waals surface area contributed by atoms with Gasteiger partial charge in [-0.2, -0.15) is 0 Å². The molecule has 0 aliphatic heterocycles. The van der Waals surface area contributed by atoms with Crippen LogP contribution in [0.4, 0.5) is 5.69 Å². The SMILES string of the molecule is COC(=O)c1c(-c2cc(OC)c(OC)c(OC)c2)c2c(OC)cc(OCc3cccc(C(=O)O)c3)cc2c(=O)n1-c1ccc(N)cc1. The number of esters is 1. The highest BCUT2D eigenvalue weighted by Crippen LogP contribution is 2.46. The van der Waals surface area contributed by atoms with Crippen LogP contribution in [-0.2, 0) is 11.3 Å². The Morgan fingerprint density at radius 2 is 1.47 bits per heavy atom. The molecule has 1 aromatic heterocycles. The molecule has 0 aliphatic rings. The Balaban J connectivity index is 1.87. The second-order valence-corrected chi connectivity index (χ2v) is 10.2. The van der Waals surface area contributed by atoms with Gasteiger partial charge < -0.3 is 39.3 Å². The number of aromatic carboxylic acids is 1. The van der Waals surface area contributed by atoms with Crippen molar-refractivity contribution in [1.29, 1.82) is 0 Å². The Morgan fingerprint density at radius 1 is 0.809 bits per heavy atom. The Morgan fingerprint density at radius 3 is 2.04 bits per heavy atom. The van der Waals surface area contributed by atoms with E-state index in [0.717, 1.165) is 0 Å². The molecule has 0 spiro atoms. The van der Waals surface area contributed by atoms with Crippen LogP contribution in [0.2, 0.25) is 0 Å². The van der Waals surface area contributed by atoms with Crippen LogP contribution in [0.1, 0.15) is 26.4 Å². The third kappa shape index (κ3) is 6.08. The van der Waals surface area contributed by atoms with Gasteiger partial charge in [0.2, 0.25) is 5.75 Å². The molecule has 0 saturated carbocycles. The maximum absolute atomic E-state index is 14.5. The number of carboxylic acid groups (broad SMARTS) is 1. The molecule has 0 bridgehead atoms. The van der Waals surface area contributed by atoms with Crippen molar-refractivity contribution in [2.45, 2.75) is 6.61 Å². The number of methoxy groups -OCH3 is 5. The van der Waals surface area contributed by atoms with Gasteiger partial charge in [-0.25, -0.2) is 9.59 Å². The first-order valence-corrected chi connectivity index (χ1v) is 14.2. The van der Waals surface area contributed by atoms with Crippen molar-refractivity contribution < 1.29 is 43.1 Å². The largest absolute Gasteiger partial charge is 0.496 e. The highest BCUT2D eigenvalue weighted by atomic mass is 16.5. The van der Waals surface area contributed by atoms with Gasteiger partial charge in [-0.15, -0.1) is 0 Å². The van der Waals surface area contributed by atoms with Gasteiger partial charge in [0.15, 0.2) is 11.5 Å². The van der Waals surface area contributed by atoms with Gasteiger partial charge in [-0.1, -0.05) is 12.1 Å². The van der Waals surface area contributed by atoms with Crippen molar-refractivity contribution >= 4 is 28.4 Å². The van der Waals surface area contributed by atoms with E-state index in [1.165, 1.54) is 58.3 Å². The number of anilines is 1. The van der Waals surface area contributed by atoms with Crippen molar-refractivity contribution in [2.75, 3.05) is 41.3 Å². The fourth-order valence-electron chi connectivity index (χ4n) is 5.34. The zero-order valence-corrected chi connectivity index (χ0v) is 26.3. The number of nitrogens with zero attached hydrogens (tertiary/aromatic N) is 1. The number of nitrogens with two attached hydrogens (primary N) is 1.